The molecular weight excluding hydrogens is 669 g/mol. The van der Waals surface area contributed by atoms with Crippen molar-refractivity contribution in [2.45, 2.75) is 65.2 Å². The van der Waals surface area contributed by atoms with Crippen molar-refractivity contribution in [1.82, 2.24) is 9.13 Å². The number of nitrogens with zero attached hydrogens (tertiary/aromatic N) is 4. The van der Waals surface area contributed by atoms with Crippen LogP contribution in [0, 0.1) is 0 Å². The minimum Gasteiger partial charge on any atom is -0.494 e. The van der Waals surface area contributed by atoms with Crippen LogP contribution in [0.25, 0.3) is 27.1 Å². The van der Waals surface area contributed by atoms with E-state index in [1.165, 1.54) is 58.2 Å². The molecule has 1 aliphatic carbocycles. The van der Waals surface area contributed by atoms with Gasteiger partial charge in [-0.3, -0.25) is 13.9 Å². The summed E-state index contributed by atoms with van der Waals surface area (Å²) in [5.74, 6) is -0.337. The second kappa shape index (κ2) is 12.4. The zero-order valence-electron chi connectivity index (χ0n) is 32.7. The van der Waals surface area contributed by atoms with Crippen molar-refractivity contribution in [3.63, 3.8) is 0 Å². The Balaban J connectivity index is 1.35. The molecule has 0 spiro atoms. The van der Waals surface area contributed by atoms with Gasteiger partial charge in [-0.1, -0.05) is 81.1 Å². The standard InChI is InChI=1S/C47H48N4O3/c1-10-50-35-25-21-29-16-12-14-18-33(29)40(35)46(4,5)37(50)27-23-31-20-24-32(38(31)39-43(52)48(8)45(54)49(9)44(39)53)28(3)42-47(6,7)41-34-19-15-13-17-30(34)22-26-36(41)51(42)11-2/h12-19,21-23,25-27H,3,10-11,20,24H2,1-2,4-9H3/p+1/b31-23+,37-27+. The van der Waals surface area contributed by atoms with Crippen molar-refractivity contribution < 1.29 is 9.68 Å². The van der Waals surface area contributed by atoms with Gasteiger partial charge in [-0.2, -0.15) is 4.58 Å². The van der Waals surface area contributed by atoms with E-state index >= 15 is 0 Å². The van der Waals surface area contributed by atoms with E-state index in [1.807, 2.05) is 0 Å². The summed E-state index contributed by atoms with van der Waals surface area (Å²) in [6, 6.07) is 25.9. The molecule has 0 saturated carbocycles. The van der Waals surface area contributed by atoms with Crippen LogP contribution in [0.4, 0.5) is 11.4 Å². The van der Waals surface area contributed by atoms with E-state index in [9.17, 15) is 14.7 Å². The van der Waals surface area contributed by atoms with E-state index in [4.69, 9.17) is 6.58 Å². The number of rotatable bonds is 6. The van der Waals surface area contributed by atoms with E-state index < -0.39 is 16.7 Å². The average molecular weight is 718 g/mol. The lowest BCUT2D eigenvalue weighted by Crippen LogP contribution is -2.38. The first-order valence-corrected chi connectivity index (χ1v) is 19.1. The summed E-state index contributed by atoms with van der Waals surface area (Å²) >= 11 is 0. The number of anilines is 1. The van der Waals surface area contributed by atoms with Gasteiger partial charge in [0.15, 0.2) is 5.71 Å². The van der Waals surface area contributed by atoms with E-state index in [1.54, 1.807) is 0 Å². The monoisotopic (exact) mass is 717 g/mol. The SMILES string of the molecule is C=C(C1=C(c2c(O)n(C)c(=O)n(C)c2=O)/C(=C/C=C2/N(CC)c3ccc4ccccc4c3C2(C)C)CC1)C1=[N+](CC)c2ccc3ccccc3c2C1(C)C. The summed E-state index contributed by atoms with van der Waals surface area (Å²) in [6.45, 7) is 19.8. The Bertz CT molecular complexity index is 2730. The van der Waals surface area contributed by atoms with Gasteiger partial charge in [0.2, 0.25) is 11.6 Å². The molecule has 1 N–H and O–H groups in total. The first-order chi connectivity index (χ1) is 25.7. The molecule has 2 aliphatic heterocycles. The third kappa shape index (κ3) is 4.83. The van der Waals surface area contributed by atoms with Gasteiger partial charge in [0.05, 0.1) is 5.41 Å². The van der Waals surface area contributed by atoms with Gasteiger partial charge in [-0.25, -0.2) is 4.79 Å². The number of benzene rings is 4. The topological polar surface area (TPSA) is 70.5 Å². The van der Waals surface area contributed by atoms with Gasteiger partial charge < -0.3 is 10.0 Å². The van der Waals surface area contributed by atoms with E-state index in [2.05, 4.69) is 136 Å². The highest BCUT2D eigenvalue weighted by Crippen LogP contribution is 2.52. The Morgan fingerprint density at radius 3 is 2.09 bits per heavy atom. The van der Waals surface area contributed by atoms with Crippen LogP contribution in [0.15, 0.2) is 124 Å². The molecule has 54 heavy (non-hydrogen) atoms. The second-order valence-corrected chi connectivity index (χ2v) is 15.9. The Labute approximate surface area is 316 Å². The first kappa shape index (κ1) is 35.3. The minimum absolute atomic E-state index is 0.132. The highest BCUT2D eigenvalue weighted by atomic mass is 16.3. The Kier molecular flexibility index (Phi) is 8.14. The lowest BCUT2D eigenvalue weighted by molar-refractivity contribution is -0.433. The van der Waals surface area contributed by atoms with Gasteiger partial charge in [-0.05, 0) is 103 Å². The van der Waals surface area contributed by atoms with Crippen LogP contribution in [0.5, 0.6) is 5.88 Å². The molecule has 274 valence electrons. The highest BCUT2D eigenvalue weighted by molar-refractivity contribution is 6.14. The molecule has 7 heteroatoms. The molecule has 3 aliphatic rings. The molecule has 0 atom stereocenters. The summed E-state index contributed by atoms with van der Waals surface area (Å²) in [6.07, 6.45) is 5.62. The Morgan fingerprint density at radius 1 is 0.815 bits per heavy atom. The summed E-state index contributed by atoms with van der Waals surface area (Å²) in [4.78, 5) is 29.6. The van der Waals surface area contributed by atoms with Crippen LogP contribution in [0.1, 0.15) is 71.1 Å². The van der Waals surface area contributed by atoms with Crippen molar-refractivity contribution >= 4 is 44.2 Å². The number of allylic oxidation sites excluding steroid dienone is 7. The van der Waals surface area contributed by atoms with Gasteiger partial charge in [0.25, 0.3) is 5.56 Å². The lowest BCUT2D eigenvalue weighted by atomic mass is 9.75. The van der Waals surface area contributed by atoms with Crippen molar-refractivity contribution in [1.29, 1.82) is 0 Å². The van der Waals surface area contributed by atoms with Crippen molar-refractivity contribution in [3.8, 4) is 5.88 Å². The molecule has 7 nitrogen and oxygen atoms in total. The predicted octanol–water partition coefficient (Wildman–Crippen LogP) is 8.92. The summed E-state index contributed by atoms with van der Waals surface area (Å²) in [5, 5.41) is 16.5. The molecule has 0 saturated heterocycles. The quantitative estimate of drug-likeness (QED) is 0.178. The summed E-state index contributed by atoms with van der Waals surface area (Å²) in [5.41, 5.74) is 8.86. The molecule has 4 aromatic carbocycles. The number of fused-ring (bicyclic) bond motifs is 6. The molecule has 3 heterocycles. The van der Waals surface area contributed by atoms with Crippen molar-refractivity contribution in [2.75, 3.05) is 18.0 Å². The molecular formula is C47H49N4O3+. The van der Waals surface area contributed by atoms with Crippen molar-refractivity contribution in [3.05, 3.63) is 151 Å². The predicted molar refractivity (Wildman–Crippen MR) is 222 cm³/mol. The third-order valence-corrected chi connectivity index (χ3v) is 12.3. The zero-order valence-corrected chi connectivity index (χ0v) is 32.7. The normalized spacial score (nSPS) is 18.9. The number of hydrogen-bond acceptors (Lipinski definition) is 4. The lowest BCUT2D eigenvalue weighted by Gasteiger charge is -2.26. The second-order valence-electron chi connectivity index (χ2n) is 15.9. The fraction of sp³-hybridized carbons (Fsp3) is 0.298. The van der Waals surface area contributed by atoms with Crippen LogP contribution in [0.3, 0.4) is 0 Å². The molecule has 1 aromatic heterocycles. The molecule has 0 bridgehead atoms. The van der Waals surface area contributed by atoms with Gasteiger partial charge >= 0.3 is 5.69 Å². The maximum absolute atomic E-state index is 14.2. The number of aromatic hydroxyl groups is 1. The molecule has 0 unspecified atom stereocenters. The van der Waals surface area contributed by atoms with E-state index in [0.717, 1.165) is 50.3 Å². The van der Waals surface area contributed by atoms with Crippen LogP contribution in [-0.4, -0.2) is 37.6 Å². The van der Waals surface area contributed by atoms with Crippen molar-refractivity contribution in [2.24, 2.45) is 14.1 Å². The highest BCUT2D eigenvalue weighted by Gasteiger charge is 2.49. The van der Waals surface area contributed by atoms with Crippen LogP contribution in [0.2, 0.25) is 0 Å². The van der Waals surface area contributed by atoms with Crippen LogP contribution in [-0.2, 0) is 24.9 Å². The number of likely N-dealkylation sites (N-methyl/N-ethyl adjacent to an activating group) is 1. The minimum atomic E-state index is -0.574. The largest absolute Gasteiger partial charge is 0.494 e. The van der Waals surface area contributed by atoms with Gasteiger partial charge in [0, 0.05) is 54.6 Å². The first-order valence-electron chi connectivity index (χ1n) is 19.1. The summed E-state index contributed by atoms with van der Waals surface area (Å²) < 4.78 is 4.61. The molecule has 8 rings (SSSR count). The maximum atomic E-state index is 14.2. The Morgan fingerprint density at radius 2 is 1.44 bits per heavy atom. The number of aromatic nitrogens is 2. The Hall–Kier alpha value is -5.69. The summed E-state index contributed by atoms with van der Waals surface area (Å²) in [7, 11) is 2.98. The van der Waals surface area contributed by atoms with E-state index in [0.29, 0.717) is 18.4 Å². The fourth-order valence-corrected chi connectivity index (χ4v) is 9.82. The zero-order chi connectivity index (χ0) is 38.4. The maximum Gasteiger partial charge on any atom is 0.333 e. The smallest absolute Gasteiger partial charge is 0.333 e. The van der Waals surface area contributed by atoms with Crippen LogP contribution < -0.4 is 16.1 Å². The number of hydrogen-bond donors (Lipinski definition) is 1. The van der Waals surface area contributed by atoms with Gasteiger partial charge in [-0.15, -0.1) is 0 Å². The van der Waals surface area contributed by atoms with Gasteiger partial charge in [0.1, 0.15) is 12.1 Å². The average Bonchev–Trinajstić information content (AvgIpc) is 3.76. The molecule has 0 radical (unpaired) electrons. The van der Waals surface area contributed by atoms with Crippen LogP contribution >= 0.6 is 0 Å². The molecule has 0 fully saturated rings. The fourth-order valence-electron chi connectivity index (χ4n) is 9.82. The third-order valence-electron chi connectivity index (χ3n) is 12.3. The molecule has 5 aromatic rings. The molecule has 0 amide bonds. The van der Waals surface area contributed by atoms with E-state index in [-0.39, 0.29) is 16.9 Å².